The summed E-state index contributed by atoms with van der Waals surface area (Å²) in [5, 5.41) is 0. The second-order valence-corrected chi connectivity index (χ2v) is 10.5. The third-order valence-corrected chi connectivity index (χ3v) is 7.56. The van der Waals surface area contributed by atoms with Gasteiger partial charge in [-0.25, -0.2) is 0 Å². The van der Waals surface area contributed by atoms with Crippen LogP contribution in [-0.4, -0.2) is 66.0 Å². The summed E-state index contributed by atoms with van der Waals surface area (Å²) in [6.07, 6.45) is 2.86. The summed E-state index contributed by atoms with van der Waals surface area (Å²) in [4.78, 5) is 32.5. The first-order valence-electron chi connectivity index (χ1n) is 14.2. The van der Waals surface area contributed by atoms with Crippen molar-refractivity contribution >= 4 is 17.5 Å². The van der Waals surface area contributed by atoms with Crippen LogP contribution in [0.15, 0.2) is 83.4 Å². The van der Waals surface area contributed by atoms with Crippen LogP contribution in [0.5, 0.6) is 5.75 Å². The van der Waals surface area contributed by atoms with Crippen molar-refractivity contribution in [3.63, 3.8) is 0 Å². The van der Waals surface area contributed by atoms with E-state index in [1.54, 1.807) is 13.2 Å². The number of aryl methyl sites for hydroxylation is 1. The molecule has 0 radical (unpaired) electrons. The topological polar surface area (TPSA) is 71.2 Å². The van der Waals surface area contributed by atoms with Gasteiger partial charge in [0.1, 0.15) is 11.5 Å². The van der Waals surface area contributed by atoms with E-state index in [-0.39, 0.29) is 11.8 Å². The molecule has 0 N–H and O–H groups in total. The largest absolute Gasteiger partial charge is 0.497 e. The van der Waals surface area contributed by atoms with Gasteiger partial charge in [0.15, 0.2) is 5.76 Å². The van der Waals surface area contributed by atoms with Crippen molar-refractivity contribution in [2.24, 2.45) is 0 Å². The first-order chi connectivity index (χ1) is 19.9. The Kier molecular flexibility index (Phi) is 8.77. The van der Waals surface area contributed by atoms with Crippen LogP contribution in [0, 0.1) is 6.92 Å². The number of piperazine rings is 1. The number of hydrogen-bond donors (Lipinski definition) is 0. The molecule has 0 spiro atoms. The fraction of sp³-hybridized carbons (Fsp3) is 0.333. The zero-order valence-corrected chi connectivity index (χ0v) is 24.1. The number of carbonyl (C=O) groups is 2. The number of nitrogens with zero attached hydrogens (tertiary/aromatic N) is 4. The van der Waals surface area contributed by atoms with Crippen molar-refractivity contribution in [1.29, 1.82) is 0 Å². The molecule has 41 heavy (non-hydrogen) atoms. The zero-order chi connectivity index (χ0) is 28.8. The predicted octanol–water partition coefficient (Wildman–Crippen LogP) is 5.46. The van der Waals surface area contributed by atoms with Crippen LogP contribution in [0.3, 0.4) is 0 Å². The van der Waals surface area contributed by atoms with Crippen LogP contribution >= 0.6 is 0 Å². The SMILES string of the molecule is CCCN(Cc1cccn1Cc1ccc(C(=O)N2CCN(c3ccc(OC)cc3)CC2)o1)C(=O)c1ccc(C)cc1. The summed E-state index contributed by atoms with van der Waals surface area (Å²) in [6, 6.07) is 23.4. The Morgan fingerprint density at radius 2 is 1.66 bits per heavy atom. The molecule has 0 saturated carbocycles. The highest BCUT2D eigenvalue weighted by Crippen LogP contribution is 2.22. The van der Waals surface area contributed by atoms with Gasteiger partial charge in [-0.1, -0.05) is 24.6 Å². The molecule has 1 fully saturated rings. The van der Waals surface area contributed by atoms with Gasteiger partial charge in [-0.2, -0.15) is 0 Å². The molecule has 4 aromatic rings. The van der Waals surface area contributed by atoms with E-state index < -0.39 is 0 Å². The van der Waals surface area contributed by atoms with Crippen LogP contribution in [0.4, 0.5) is 5.69 Å². The molecule has 214 valence electrons. The normalized spacial score (nSPS) is 13.3. The average molecular weight is 555 g/mol. The molecule has 1 aliphatic heterocycles. The predicted molar refractivity (Wildman–Crippen MR) is 160 cm³/mol. The summed E-state index contributed by atoms with van der Waals surface area (Å²) < 4.78 is 13.4. The molecule has 0 bridgehead atoms. The molecular weight excluding hydrogens is 516 g/mol. The Hall–Kier alpha value is -4.46. The first kappa shape index (κ1) is 28.1. The molecule has 8 nitrogen and oxygen atoms in total. The number of furan rings is 1. The number of rotatable bonds is 10. The highest BCUT2D eigenvalue weighted by atomic mass is 16.5. The van der Waals surface area contributed by atoms with Gasteiger partial charge < -0.3 is 28.4 Å². The summed E-state index contributed by atoms with van der Waals surface area (Å²) in [6.45, 7) is 8.52. The van der Waals surface area contributed by atoms with E-state index in [1.165, 1.54) is 0 Å². The summed E-state index contributed by atoms with van der Waals surface area (Å²) >= 11 is 0. The number of anilines is 1. The summed E-state index contributed by atoms with van der Waals surface area (Å²) in [5.74, 6) is 1.83. The highest BCUT2D eigenvalue weighted by Gasteiger charge is 2.25. The lowest BCUT2D eigenvalue weighted by Crippen LogP contribution is -2.48. The fourth-order valence-electron chi connectivity index (χ4n) is 5.21. The summed E-state index contributed by atoms with van der Waals surface area (Å²) in [7, 11) is 1.66. The van der Waals surface area contributed by atoms with Gasteiger partial charge in [0.05, 0.1) is 20.2 Å². The number of methoxy groups -OCH3 is 1. The van der Waals surface area contributed by atoms with Gasteiger partial charge in [0.2, 0.25) is 0 Å². The van der Waals surface area contributed by atoms with Crippen molar-refractivity contribution in [2.45, 2.75) is 33.4 Å². The second kappa shape index (κ2) is 12.8. The van der Waals surface area contributed by atoms with E-state index in [0.717, 1.165) is 42.2 Å². The van der Waals surface area contributed by atoms with Gasteiger partial charge >= 0.3 is 0 Å². The number of amides is 2. The average Bonchev–Trinajstić information content (AvgIpc) is 3.66. The van der Waals surface area contributed by atoms with Gasteiger partial charge in [0.25, 0.3) is 11.8 Å². The van der Waals surface area contributed by atoms with Crippen molar-refractivity contribution in [1.82, 2.24) is 14.4 Å². The van der Waals surface area contributed by atoms with Crippen LogP contribution in [0.25, 0.3) is 0 Å². The highest BCUT2D eigenvalue weighted by molar-refractivity contribution is 5.94. The monoisotopic (exact) mass is 554 g/mol. The van der Waals surface area contributed by atoms with E-state index in [9.17, 15) is 9.59 Å². The van der Waals surface area contributed by atoms with Crippen LogP contribution in [0.2, 0.25) is 0 Å². The second-order valence-electron chi connectivity index (χ2n) is 10.5. The standard InChI is InChI=1S/C33H38N4O4/c1-4-17-37(32(38)26-9-7-25(2)8-10-26)23-28-6-5-18-36(28)24-30-15-16-31(41-30)33(39)35-21-19-34(20-22-35)27-11-13-29(40-3)14-12-27/h5-16,18H,4,17,19-24H2,1-3H3. The smallest absolute Gasteiger partial charge is 0.289 e. The van der Waals surface area contributed by atoms with Gasteiger partial charge in [-0.05, 0) is 74.0 Å². The van der Waals surface area contributed by atoms with E-state index in [4.69, 9.17) is 9.15 Å². The van der Waals surface area contributed by atoms with Crippen molar-refractivity contribution in [3.8, 4) is 5.75 Å². The molecule has 5 rings (SSSR count). The molecule has 0 unspecified atom stereocenters. The number of benzene rings is 2. The van der Waals surface area contributed by atoms with Gasteiger partial charge in [-0.15, -0.1) is 0 Å². The van der Waals surface area contributed by atoms with Crippen molar-refractivity contribution < 1.29 is 18.7 Å². The Morgan fingerprint density at radius 1 is 0.927 bits per heavy atom. The maximum absolute atomic E-state index is 13.2. The fourth-order valence-corrected chi connectivity index (χ4v) is 5.21. The summed E-state index contributed by atoms with van der Waals surface area (Å²) in [5.41, 5.74) is 3.96. The van der Waals surface area contributed by atoms with E-state index in [1.807, 2.05) is 89.7 Å². The molecule has 0 atom stereocenters. The van der Waals surface area contributed by atoms with Crippen molar-refractivity contribution in [2.75, 3.05) is 44.7 Å². The van der Waals surface area contributed by atoms with Crippen molar-refractivity contribution in [3.05, 3.63) is 107 Å². The van der Waals surface area contributed by atoms with E-state index in [2.05, 4.69) is 16.4 Å². The molecule has 1 aliphatic rings. The first-order valence-corrected chi connectivity index (χ1v) is 14.2. The Bertz CT molecular complexity index is 1450. The van der Waals surface area contributed by atoms with Gasteiger partial charge in [-0.3, -0.25) is 9.59 Å². The Morgan fingerprint density at radius 3 is 2.34 bits per heavy atom. The van der Waals surface area contributed by atoms with Crippen LogP contribution in [-0.2, 0) is 13.1 Å². The van der Waals surface area contributed by atoms with E-state index >= 15 is 0 Å². The molecule has 2 aromatic carbocycles. The molecule has 2 amide bonds. The quantitative estimate of drug-likeness (QED) is 0.260. The molecule has 1 saturated heterocycles. The zero-order valence-electron chi connectivity index (χ0n) is 24.1. The molecule has 0 aliphatic carbocycles. The molecule has 3 heterocycles. The minimum atomic E-state index is -0.0869. The number of aromatic nitrogens is 1. The minimum absolute atomic E-state index is 0.0255. The third kappa shape index (κ3) is 6.65. The lowest BCUT2D eigenvalue weighted by molar-refractivity contribution is 0.0710. The molecular formula is C33H38N4O4. The third-order valence-electron chi connectivity index (χ3n) is 7.56. The number of ether oxygens (including phenoxy) is 1. The maximum Gasteiger partial charge on any atom is 0.289 e. The molecule has 8 heteroatoms. The minimum Gasteiger partial charge on any atom is -0.497 e. The lowest BCUT2D eigenvalue weighted by Gasteiger charge is -2.35. The van der Waals surface area contributed by atoms with Crippen LogP contribution in [0.1, 0.15) is 51.3 Å². The number of hydrogen-bond acceptors (Lipinski definition) is 5. The van der Waals surface area contributed by atoms with Crippen LogP contribution < -0.4 is 9.64 Å². The van der Waals surface area contributed by atoms with Gasteiger partial charge in [0, 0.05) is 55.9 Å². The Labute approximate surface area is 241 Å². The lowest BCUT2D eigenvalue weighted by atomic mass is 10.1. The number of carbonyl (C=O) groups excluding carboxylic acids is 2. The van der Waals surface area contributed by atoms with E-state index in [0.29, 0.717) is 49.8 Å². The Balaban J connectivity index is 1.19. The maximum atomic E-state index is 13.2. The molecule has 2 aromatic heterocycles.